The number of aliphatic hydroxyl groups excluding tert-OH is 1. The standard InChI is InChI=1S/C25H20FNO3/c26-20-14-8-7-13-19(20)22-21(23(28)18-11-5-2-6-12-18)24(29)25(30)27(22)16-15-17-9-3-1-4-10-17/h1-14,22,28H,15-16H2/b23-21+/t22-/m0/s1. The molecular weight excluding hydrogens is 381 g/mol. The second-order valence-electron chi connectivity index (χ2n) is 7.12. The zero-order valence-corrected chi connectivity index (χ0v) is 16.2. The summed E-state index contributed by atoms with van der Waals surface area (Å²) in [7, 11) is 0. The van der Waals surface area contributed by atoms with Gasteiger partial charge in [0, 0.05) is 17.7 Å². The molecule has 3 aromatic rings. The van der Waals surface area contributed by atoms with Crippen LogP contribution in [0.4, 0.5) is 4.39 Å². The van der Waals surface area contributed by atoms with Gasteiger partial charge in [0.05, 0.1) is 11.6 Å². The van der Waals surface area contributed by atoms with E-state index < -0.39 is 23.5 Å². The molecule has 3 aromatic carbocycles. The minimum Gasteiger partial charge on any atom is -0.507 e. The number of amides is 1. The number of halogens is 1. The maximum absolute atomic E-state index is 14.7. The highest BCUT2D eigenvalue weighted by molar-refractivity contribution is 6.46. The molecule has 0 aromatic heterocycles. The molecule has 150 valence electrons. The molecule has 4 rings (SSSR count). The number of hydrogen-bond donors (Lipinski definition) is 1. The second-order valence-corrected chi connectivity index (χ2v) is 7.12. The molecule has 0 spiro atoms. The maximum Gasteiger partial charge on any atom is 0.295 e. The van der Waals surface area contributed by atoms with E-state index in [2.05, 4.69) is 0 Å². The van der Waals surface area contributed by atoms with E-state index >= 15 is 0 Å². The summed E-state index contributed by atoms with van der Waals surface area (Å²) >= 11 is 0. The van der Waals surface area contributed by atoms with Crippen molar-refractivity contribution in [3.05, 3.63) is 113 Å². The number of aliphatic hydroxyl groups is 1. The third kappa shape index (κ3) is 3.62. The van der Waals surface area contributed by atoms with Crippen LogP contribution in [0.5, 0.6) is 0 Å². The lowest BCUT2D eigenvalue weighted by Gasteiger charge is -2.25. The van der Waals surface area contributed by atoms with Crippen molar-refractivity contribution in [3.63, 3.8) is 0 Å². The molecule has 1 aliphatic rings. The van der Waals surface area contributed by atoms with E-state index in [4.69, 9.17) is 0 Å². The van der Waals surface area contributed by atoms with Crippen molar-refractivity contribution < 1.29 is 19.1 Å². The van der Waals surface area contributed by atoms with E-state index in [0.29, 0.717) is 12.0 Å². The molecule has 0 unspecified atom stereocenters. The van der Waals surface area contributed by atoms with Crippen LogP contribution in [-0.2, 0) is 16.0 Å². The molecule has 1 fully saturated rings. The van der Waals surface area contributed by atoms with Gasteiger partial charge in [-0.2, -0.15) is 0 Å². The summed E-state index contributed by atoms with van der Waals surface area (Å²) in [5.74, 6) is -2.38. The number of carbonyl (C=O) groups excluding carboxylic acids is 2. The van der Waals surface area contributed by atoms with Crippen LogP contribution in [0.3, 0.4) is 0 Å². The predicted molar refractivity (Wildman–Crippen MR) is 112 cm³/mol. The van der Waals surface area contributed by atoms with E-state index in [1.807, 2.05) is 30.3 Å². The first-order chi connectivity index (χ1) is 14.6. The van der Waals surface area contributed by atoms with Crippen molar-refractivity contribution in [1.82, 2.24) is 4.90 Å². The van der Waals surface area contributed by atoms with Gasteiger partial charge in [-0.25, -0.2) is 4.39 Å². The topological polar surface area (TPSA) is 57.6 Å². The van der Waals surface area contributed by atoms with Gasteiger partial charge in [0.2, 0.25) is 0 Å². The number of ketones is 1. The second kappa shape index (κ2) is 8.33. The van der Waals surface area contributed by atoms with E-state index in [0.717, 1.165) is 5.56 Å². The predicted octanol–water partition coefficient (Wildman–Crippen LogP) is 4.49. The van der Waals surface area contributed by atoms with Crippen LogP contribution in [0.15, 0.2) is 90.5 Å². The van der Waals surface area contributed by atoms with Gasteiger partial charge in [0.15, 0.2) is 0 Å². The molecule has 0 bridgehead atoms. The number of Topliss-reactive ketones (excluding diaryl/α,β-unsaturated/α-hetero) is 1. The Bertz CT molecular complexity index is 1110. The highest BCUT2D eigenvalue weighted by Gasteiger charge is 2.46. The first-order valence-corrected chi connectivity index (χ1v) is 9.70. The summed E-state index contributed by atoms with van der Waals surface area (Å²) in [5, 5.41) is 10.9. The molecule has 5 heteroatoms. The zero-order valence-electron chi connectivity index (χ0n) is 16.2. The minimum atomic E-state index is -0.991. The molecule has 0 aliphatic carbocycles. The summed E-state index contributed by atoms with van der Waals surface area (Å²) < 4.78 is 14.7. The summed E-state index contributed by atoms with van der Waals surface area (Å²) in [6, 6.07) is 23.1. The molecule has 1 heterocycles. The highest BCUT2D eigenvalue weighted by Crippen LogP contribution is 2.40. The van der Waals surface area contributed by atoms with E-state index in [9.17, 15) is 19.1 Å². The van der Waals surface area contributed by atoms with Crippen molar-refractivity contribution >= 4 is 17.4 Å². The Morgan fingerprint density at radius 1 is 0.867 bits per heavy atom. The number of rotatable bonds is 5. The van der Waals surface area contributed by atoms with E-state index in [1.54, 1.807) is 48.5 Å². The van der Waals surface area contributed by atoms with Gasteiger partial charge < -0.3 is 10.0 Å². The molecular formula is C25H20FNO3. The minimum absolute atomic E-state index is 0.0932. The third-order valence-corrected chi connectivity index (χ3v) is 5.27. The van der Waals surface area contributed by atoms with Crippen LogP contribution in [0.25, 0.3) is 5.76 Å². The summed E-state index contributed by atoms with van der Waals surface area (Å²) in [6.45, 7) is 0.221. The Morgan fingerprint density at radius 3 is 2.13 bits per heavy atom. The van der Waals surface area contributed by atoms with Gasteiger partial charge in [-0.3, -0.25) is 9.59 Å². The van der Waals surface area contributed by atoms with Crippen LogP contribution in [0.2, 0.25) is 0 Å². The average Bonchev–Trinajstić information content (AvgIpc) is 3.03. The third-order valence-electron chi connectivity index (χ3n) is 5.27. The van der Waals surface area contributed by atoms with E-state index in [-0.39, 0.29) is 23.4 Å². The van der Waals surface area contributed by atoms with Crippen LogP contribution in [0, 0.1) is 5.82 Å². The fourth-order valence-corrected chi connectivity index (χ4v) is 3.78. The molecule has 30 heavy (non-hydrogen) atoms. The number of benzene rings is 3. The number of carbonyl (C=O) groups is 2. The van der Waals surface area contributed by atoms with Gasteiger partial charge in [0.25, 0.3) is 11.7 Å². The van der Waals surface area contributed by atoms with Crippen molar-refractivity contribution in [3.8, 4) is 0 Å². The van der Waals surface area contributed by atoms with Crippen LogP contribution < -0.4 is 0 Å². The van der Waals surface area contributed by atoms with Crippen molar-refractivity contribution in [1.29, 1.82) is 0 Å². The lowest BCUT2D eigenvalue weighted by Crippen LogP contribution is -2.32. The molecule has 1 aliphatic heterocycles. The monoisotopic (exact) mass is 401 g/mol. The first kappa shape index (κ1) is 19.6. The largest absolute Gasteiger partial charge is 0.507 e. The van der Waals surface area contributed by atoms with Gasteiger partial charge in [-0.1, -0.05) is 78.9 Å². The van der Waals surface area contributed by atoms with Gasteiger partial charge in [-0.15, -0.1) is 0 Å². The number of likely N-dealkylation sites (tertiary alicyclic amines) is 1. The van der Waals surface area contributed by atoms with Crippen LogP contribution in [-0.4, -0.2) is 28.2 Å². The quantitative estimate of drug-likeness (QED) is 0.389. The Hall–Kier alpha value is -3.73. The van der Waals surface area contributed by atoms with Crippen LogP contribution in [0.1, 0.15) is 22.7 Å². The molecule has 1 saturated heterocycles. The Balaban J connectivity index is 1.80. The maximum atomic E-state index is 14.7. The van der Waals surface area contributed by atoms with Crippen LogP contribution >= 0.6 is 0 Å². The Labute approximate surface area is 173 Å². The Morgan fingerprint density at radius 2 is 1.47 bits per heavy atom. The summed E-state index contributed by atoms with van der Waals surface area (Å²) in [4.78, 5) is 27.1. The van der Waals surface area contributed by atoms with Crippen molar-refractivity contribution in [2.24, 2.45) is 0 Å². The van der Waals surface area contributed by atoms with Gasteiger partial charge >= 0.3 is 0 Å². The van der Waals surface area contributed by atoms with E-state index in [1.165, 1.54) is 11.0 Å². The van der Waals surface area contributed by atoms with Crippen molar-refractivity contribution in [2.45, 2.75) is 12.5 Å². The first-order valence-electron chi connectivity index (χ1n) is 9.70. The Kier molecular flexibility index (Phi) is 5.44. The molecule has 4 nitrogen and oxygen atoms in total. The lowest BCUT2D eigenvalue weighted by molar-refractivity contribution is -0.139. The fourth-order valence-electron chi connectivity index (χ4n) is 3.78. The van der Waals surface area contributed by atoms with Gasteiger partial charge in [0.1, 0.15) is 11.6 Å². The molecule has 1 amide bonds. The molecule has 0 radical (unpaired) electrons. The summed E-state index contributed by atoms with van der Waals surface area (Å²) in [5.41, 5.74) is 1.49. The molecule has 1 N–H and O–H groups in total. The smallest absolute Gasteiger partial charge is 0.295 e. The zero-order chi connectivity index (χ0) is 21.1. The SMILES string of the molecule is O=C1C(=O)N(CCc2ccccc2)[C@@H](c2ccccc2F)/C1=C(\O)c1ccccc1. The number of hydrogen-bond acceptors (Lipinski definition) is 3. The average molecular weight is 401 g/mol. The summed E-state index contributed by atoms with van der Waals surface area (Å²) in [6.07, 6.45) is 0.504. The molecule has 1 atom stereocenters. The van der Waals surface area contributed by atoms with Gasteiger partial charge in [-0.05, 0) is 18.1 Å². The fraction of sp³-hybridized carbons (Fsp3) is 0.120. The normalized spacial score (nSPS) is 18.0. The molecule has 0 saturated carbocycles. The number of nitrogens with zero attached hydrogens (tertiary/aromatic N) is 1. The highest BCUT2D eigenvalue weighted by atomic mass is 19.1. The lowest BCUT2D eigenvalue weighted by atomic mass is 9.95. The van der Waals surface area contributed by atoms with Crippen molar-refractivity contribution in [2.75, 3.05) is 6.54 Å².